The molecule has 6 heteroatoms. The number of ether oxygens (including phenoxy) is 5. The lowest BCUT2D eigenvalue weighted by molar-refractivity contribution is 0.00360. The van der Waals surface area contributed by atoms with Gasteiger partial charge in [-0.1, -0.05) is 43.5 Å². The SMILES string of the molecule is CCCCCc1cc(OCCOCCOCCOCCO)c2c(c1)OC(C)(C)c1ccc(C)cc1-2. The van der Waals surface area contributed by atoms with Gasteiger partial charge in [0.25, 0.3) is 0 Å². The Morgan fingerprint density at radius 2 is 1.54 bits per heavy atom. The molecule has 194 valence electrons. The third-order valence-electron chi connectivity index (χ3n) is 6.12. The molecule has 1 aliphatic rings. The van der Waals surface area contributed by atoms with Gasteiger partial charge in [0.05, 0.1) is 51.8 Å². The first kappa shape index (κ1) is 27.5. The molecule has 6 nitrogen and oxygen atoms in total. The Morgan fingerprint density at radius 3 is 2.23 bits per heavy atom. The normalized spacial score (nSPS) is 13.7. The molecule has 1 N–H and O–H groups in total. The van der Waals surface area contributed by atoms with Crippen LogP contribution in [-0.2, 0) is 26.2 Å². The van der Waals surface area contributed by atoms with Gasteiger partial charge in [-0.2, -0.15) is 0 Å². The minimum absolute atomic E-state index is 0.0308. The lowest BCUT2D eigenvalue weighted by atomic mass is 9.84. The van der Waals surface area contributed by atoms with Gasteiger partial charge < -0.3 is 28.8 Å². The van der Waals surface area contributed by atoms with Gasteiger partial charge in [0.1, 0.15) is 23.7 Å². The summed E-state index contributed by atoms with van der Waals surface area (Å²) < 4.78 is 29.1. The Bertz CT molecular complexity index is 924. The summed E-state index contributed by atoms with van der Waals surface area (Å²) in [6.45, 7) is 11.9. The molecule has 2 aromatic rings. The molecule has 35 heavy (non-hydrogen) atoms. The predicted octanol–water partition coefficient (Wildman–Crippen LogP) is 5.44. The van der Waals surface area contributed by atoms with Gasteiger partial charge >= 0.3 is 0 Å². The second-order valence-electron chi connectivity index (χ2n) is 9.49. The van der Waals surface area contributed by atoms with Crippen molar-refractivity contribution < 1.29 is 28.8 Å². The molecule has 0 saturated carbocycles. The summed E-state index contributed by atoms with van der Waals surface area (Å²) in [4.78, 5) is 0. The topological polar surface area (TPSA) is 66.4 Å². The summed E-state index contributed by atoms with van der Waals surface area (Å²) in [6, 6.07) is 10.9. The van der Waals surface area contributed by atoms with E-state index in [1.54, 1.807) is 0 Å². The highest BCUT2D eigenvalue weighted by Crippen LogP contribution is 2.50. The van der Waals surface area contributed by atoms with E-state index in [0.717, 1.165) is 29.9 Å². The molecular weight excluding hydrogens is 444 g/mol. The van der Waals surface area contributed by atoms with Gasteiger partial charge in [-0.25, -0.2) is 0 Å². The number of hydrogen-bond donors (Lipinski definition) is 1. The van der Waals surface area contributed by atoms with Crippen molar-refractivity contribution >= 4 is 0 Å². The second-order valence-corrected chi connectivity index (χ2v) is 9.49. The van der Waals surface area contributed by atoms with Crippen LogP contribution in [0.3, 0.4) is 0 Å². The largest absolute Gasteiger partial charge is 0.490 e. The predicted molar refractivity (Wildman–Crippen MR) is 139 cm³/mol. The van der Waals surface area contributed by atoms with Gasteiger partial charge in [0.2, 0.25) is 0 Å². The van der Waals surface area contributed by atoms with E-state index >= 15 is 0 Å². The number of fused-ring (bicyclic) bond motifs is 3. The third-order valence-corrected chi connectivity index (χ3v) is 6.12. The minimum Gasteiger partial charge on any atom is -0.490 e. The standard InChI is InChI=1S/C29H42O6/c1-5-6-7-8-23-20-26(34-18-17-33-16-15-32-14-13-31-12-11-30)28-24-19-22(2)9-10-25(24)29(3,4)35-27(28)21-23/h9-10,19-21,30H,5-8,11-18H2,1-4H3. The first-order chi connectivity index (χ1) is 17.0. The molecule has 0 fully saturated rings. The lowest BCUT2D eigenvalue weighted by Gasteiger charge is -2.36. The van der Waals surface area contributed by atoms with E-state index in [2.05, 4.69) is 58.0 Å². The Morgan fingerprint density at radius 1 is 0.857 bits per heavy atom. The smallest absolute Gasteiger partial charge is 0.132 e. The summed E-state index contributed by atoms with van der Waals surface area (Å²) in [6.07, 6.45) is 4.58. The minimum atomic E-state index is -0.401. The maximum absolute atomic E-state index is 8.68. The zero-order chi connectivity index (χ0) is 25.1. The summed E-state index contributed by atoms with van der Waals surface area (Å²) in [5.41, 5.74) is 5.46. The number of hydrogen-bond acceptors (Lipinski definition) is 6. The summed E-state index contributed by atoms with van der Waals surface area (Å²) >= 11 is 0. The Kier molecular flexibility index (Phi) is 10.9. The molecule has 1 heterocycles. The summed E-state index contributed by atoms with van der Waals surface area (Å²) in [7, 11) is 0. The van der Waals surface area contributed by atoms with Crippen LogP contribution in [0, 0.1) is 6.92 Å². The maximum Gasteiger partial charge on any atom is 0.132 e. The molecule has 0 bridgehead atoms. The van der Waals surface area contributed by atoms with E-state index in [1.807, 2.05) is 0 Å². The van der Waals surface area contributed by atoms with Crippen molar-refractivity contribution in [3.8, 4) is 22.6 Å². The molecule has 0 aliphatic carbocycles. The zero-order valence-corrected chi connectivity index (χ0v) is 21.9. The quantitative estimate of drug-likeness (QED) is 0.319. The van der Waals surface area contributed by atoms with Crippen LogP contribution in [0.1, 0.15) is 56.7 Å². The third kappa shape index (κ3) is 7.94. The Balaban J connectivity index is 1.65. The molecule has 0 radical (unpaired) electrons. The van der Waals surface area contributed by atoms with Gasteiger partial charge in [0, 0.05) is 5.56 Å². The van der Waals surface area contributed by atoms with E-state index in [0.29, 0.717) is 46.2 Å². The van der Waals surface area contributed by atoms with Gasteiger partial charge in [-0.05, 0) is 56.9 Å². The number of rotatable bonds is 16. The van der Waals surface area contributed by atoms with Crippen molar-refractivity contribution in [2.24, 2.45) is 0 Å². The molecule has 3 rings (SSSR count). The molecular formula is C29H42O6. The fourth-order valence-corrected chi connectivity index (χ4v) is 4.36. The zero-order valence-electron chi connectivity index (χ0n) is 21.9. The average molecular weight is 487 g/mol. The molecule has 0 saturated heterocycles. The van der Waals surface area contributed by atoms with E-state index in [9.17, 15) is 0 Å². The van der Waals surface area contributed by atoms with Crippen molar-refractivity contribution in [1.82, 2.24) is 0 Å². The maximum atomic E-state index is 8.68. The Hall–Kier alpha value is -2.12. The van der Waals surface area contributed by atoms with Gasteiger partial charge in [-0.3, -0.25) is 0 Å². The van der Waals surface area contributed by atoms with Crippen LogP contribution in [-0.4, -0.2) is 58.0 Å². The molecule has 0 amide bonds. The van der Waals surface area contributed by atoms with Crippen molar-refractivity contribution in [2.75, 3.05) is 52.9 Å². The Labute approximate surface area is 210 Å². The lowest BCUT2D eigenvalue weighted by Crippen LogP contribution is -2.29. The first-order valence-corrected chi connectivity index (χ1v) is 12.9. The number of aryl methyl sites for hydroxylation is 2. The van der Waals surface area contributed by atoms with Crippen molar-refractivity contribution in [3.63, 3.8) is 0 Å². The second kappa shape index (κ2) is 13.8. The van der Waals surface area contributed by atoms with Crippen LogP contribution >= 0.6 is 0 Å². The molecule has 0 aromatic heterocycles. The van der Waals surface area contributed by atoms with E-state index in [4.69, 9.17) is 28.8 Å². The van der Waals surface area contributed by atoms with Gasteiger partial charge in [-0.15, -0.1) is 0 Å². The number of benzene rings is 2. The van der Waals surface area contributed by atoms with E-state index in [-0.39, 0.29) is 6.61 Å². The van der Waals surface area contributed by atoms with Crippen LogP contribution in [0.5, 0.6) is 11.5 Å². The highest BCUT2D eigenvalue weighted by Gasteiger charge is 2.34. The fourth-order valence-electron chi connectivity index (χ4n) is 4.36. The van der Waals surface area contributed by atoms with Crippen LogP contribution in [0.25, 0.3) is 11.1 Å². The summed E-state index contributed by atoms with van der Waals surface area (Å²) in [5.74, 6) is 1.76. The number of unbranched alkanes of at least 4 members (excludes halogenated alkanes) is 2. The number of aliphatic hydroxyl groups excluding tert-OH is 1. The first-order valence-electron chi connectivity index (χ1n) is 12.9. The van der Waals surface area contributed by atoms with Crippen molar-refractivity contribution in [3.05, 3.63) is 47.0 Å². The highest BCUT2D eigenvalue weighted by molar-refractivity contribution is 5.82. The van der Waals surface area contributed by atoms with E-state index in [1.165, 1.54) is 35.1 Å². The van der Waals surface area contributed by atoms with Gasteiger partial charge in [0.15, 0.2) is 0 Å². The van der Waals surface area contributed by atoms with Crippen molar-refractivity contribution in [2.45, 2.75) is 59.0 Å². The number of aliphatic hydroxyl groups is 1. The molecule has 0 unspecified atom stereocenters. The van der Waals surface area contributed by atoms with Crippen LogP contribution in [0.4, 0.5) is 0 Å². The summed E-state index contributed by atoms with van der Waals surface area (Å²) in [5, 5.41) is 8.68. The van der Waals surface area contributed by atoms with Crippen LogP contribution < -0.4 is 9.47 Å². The van der Waals surface area contributed by atoms with Crippen LogP contribution in [0.15, 0.2) is 30.3 Å². The average Bonchev–Trinajstić information content (AvgIpc) is 2.82. The molecule has 2 aromatic carbocycles. The molecule has 1 aliphatic heterocycles. The molecule has 0 spiro atoms. The fraction of sp³-hybridized carbons (Fsp3) is 0.586. The monoisotopic (exact) mass is 486 g/mol. The van der Waals surface area contributed by atoms with Crippen molar-refractivity contribution in [1.29, 1.82) is 0 Å². The molecule has 0 atom stereocenters. The highest BCUT2D eigenvalue weighted by atomic mass is 16.6. The van der Waals surface area contributed by atoms with E-state index < -0.39 is 5.60 Å². The van der Waals surface area contributed by atoms with Crippen LogP contribution in [0.2, 0.25) is 0 Å².